The van der Waals surface area contributed by atoms with Gasteiger partial charge < -0.3 is 14.6 Å². The van der Waals surface area contributed by atoms with Gasteiger partial charge in [0.05, 0.1) is 0 Å². The second-order valence-corrected chi connectivity index (χ2v) is 14.3. The molecular formula is C36H56O5S. The molecule has 2 atom stereocenters. The molecule has 0 aromatic heterocycles. The Bertz CT molecular complexity index is 1170. The second-order valence-electron chi connectivity index (χ2n) is 12.5. The average molecular weight is 601 g/mol. The molecule has 1 N–H and O–H groups in total. The molecule has 1 rings (SSSR count). The van der Waals surface area contributed by atoms with Crippen LogP contribution in [0, 0.1) is 20.8 Å². The molecule has 0 spiro atoms. The molecule has 1 unspecified atom stereocenters. The Morgan fingerprint density at radius 2 is 1.38 bits per heavy atom. The van der Waals surface area contributed by atoms with E-state index in [4.69, 9.17) is 9.47 Å². The number of thioether (sulfide) groups is 1. The Morgan fingerprint density at radius 1 is 0.833 bits per heavy atom. The van der Waals surface area contributed by atoms with Gasteiger partial charge in [0.2, 0.25) is 0 Å². The summed E-state index contributed by atoms with van der Waals surface area (Å²) in [6.45, 7) is 23.3. The van der Waals surface area contributed by atoms with E-state index < -0.39 is 11.6 Å². The lowest BCUT2D eigenvalue weighted by Crippen LogP contribution is -2.33. The maximum absolute atomic E-state index is 12.3. The summed E-state index contributed by atoms with van der Waals surface area (Å²) in [5.74, 6) is -0.00579. The van der Waals surface area contributed by atoms with Gasteiger partial charge in [-0.2, -0.15) is 11.8 Å². The number of allylic oxidation sites excluding steroid dienone is 6. The minimum absolute atomic E-state index is 0.174. The maximum Gasteiger partial charge on any atom is 0.308 e. The van der Waals surface area contributed by atoms with Crippen LogP contribution in [0.3, 0.4) is 0 Å². The molecule has 0 saturated carbocycles. The minimum atomic E-state index is -0.740. The Morgan fingerprint density at radius 3 is 1.88 bits per heavy atom. The summed E-state index contributed by atoms with van der Waals surface area (Å²) in [4.78, 5) is 24.2. The SMILES string of the molecule is CC(=O)Oc1c(C)c(C)c(O)c(C(C[C@](C)(CC/C=C(\C)CC/C=C(\C)CCC=C(C)C)OC(C)=O)SC(C)C)c1C. The molecule has 0 aliphatic heterocycles. The van der Waals surface area contributed by atoms with E-state index >= 15 is 0 Å². The first-order valence-electron chi connectivity index (χ1n) is 15.3. The lowest BCUT2D eigenvalue weighted by Gasteiger charge is -2.35. The topological polar surface area (TPSA) is 72.8 Å². The summed E-state index contributed by atoms with van der Waals surface area (Å²) in [6, 6.07) is 0. The third-order valence-electron chi connectivity index (χ3n) is 7.56. The molecule has 1 aromatic rings. The van der Waals surface area contributed by atoms with Crippen LogP contribution in [0.4, 0.5) is 0 Å². The van der Waals surface area contributed by atoms with Gasteiger partial charge >= 0.3 is 11.9 Å². The molecule has 0 fully saturated rings. The van der Waals surface area contributed by atoms with Crippen LogP contribution in [0.2, 0.25) is 0 Å². The maximum atomic E-state index is 12.3. The molecule has 0 saturated heterocycles. The van der Waals surface area contributed by atoms with E-state index in [9.17, 15) is 14.7 Å². The highest BCUT2D eigenvalue weighted by molar-refractivity contribution is 8.00. The van der Waals surface area contributed by atoms with Crippen LogP contribution in [-0.2, 0) is 14.3 Å². The van der Waals surface area contributed by atoms with Gasteiger partial charge in [-0.25, -0.2) is 0 Å². The fourth-order valence-corrected chi connectivity index (χ4v) is 6.80. The molecule has 0 heterocycles. The number of aromatic hydroxyl groups is 1. The molecular weight excluding hydrogens is 544 g/mol. The molecule has 42 heavy (non-hydrogen) atoms. The fraction of sp³-hybridized carbons (Fsp3) is 0.611. The molecule has 1 aromatic carbocycles. The van der Waals surface area contributed by atoms with E-state index in [0.717, 1.165) is 48.8 Å². The smallest absolute Gasteiger partial charge is 0.308 e. The van der Waals surface area contributed by atoms with Crippen molar-refractivity contribution < 1.29 is 24.2 Å². The van der Waals surface area contributed by atoms with Crippen molar-refractivity contribution in [2.75, 3.05) is 0 Å². The van der Waals surface area contributed by atoms with E-state index in [1.807, 2.05) is 27.7 Å². The first-order chi connectivity index (χ1) is 19.5. The summed E-state index contributed by atoms with van der Waals surface area (Å²) in [7, 11) is 0. The first-order valence-corrected chi connectivity index (χ1v) is 16.2. The van der Waals surface area contributed by atoms with Gasteiger partial charge in [0, 0.05) is 36.6 Å². The molecule has 6 heteroatoms. The van der Waals surface area contributed by atoms with Gasteiger partial charge in [-0.05, 0) is 110 Å². The quantitative estimate of drug-likeness (QED) is 0.116. The molecule has 5 nitrogen and oxygen atoms in total. The number of benzene rings is 1. The van der Waals surface area contributed by atoms with Crippen LogP contribution in [0.1, 0.15) is 135 Å². The third kappa shape index (κ3) is 12.8. The molecule has 0 radical (unpaired) electrons. The van der Waals surface area contributed by atoms with Crippen molar-refractivity contribution >= 4 is 23.7 Å². The van der Waals surface area contributed by atoms with Gasteiger partial charge in [0.15, 0.2) is 0 Å². The Labute approximate surface area is 260 Å². The minimum Gasteiger partial charge on any atom is -0.507 e. The highest BCUT2D eigenvalue weighted by atomic mass is 32.2. The van der Waals surface area contributed by atoms with Crippen molar-refractivity contribution in [2.45, 2.75) is 144 Å². The van der Waals surface area contributed by atoms with Crippen molar-refractivity contribution in [3.05, 3.63) is 57.2 Å². The van der Waals surface area contributed by atoms with Gasteiger partial charge in [0.1, 0.15) is 17.1 Å². The van der Waals surface area contributed by atoms with Gasteiger partial charge in [-0.3, -0.25) is 9.59 Å². The van der Waals surface area contributed by atoms with Crippen LogP contribution < -0.4 is 4.74 Å². The summed E-state index contributed by atoms with van der Waals surface area (Å²) in [6.07, 6.45) is 13.1. The second kappa shape index (κ2) is 17.6. The number of carbonyl (C=O) groups is 2. The van der Waals surface area contributed by atoms with Gasteiger partial charge in [0.25, 0.3) is 0 Å². The molecule has 0 amide bonds. The van der Waals surface area contributed by atoms with E-state index in [1.165, 1.54) is 30.6 Å². The predicted molar refractivity (Wildman–Crippen MR) is 179 cm³/mol. The number of ether oxygens (including phenoxy) is 2. The van der Waals surface area contributed by atoms with E-state index in [0.29, 0.717) is 24.2 Å². The average Bonchev–Trinajstić information content (AvgIpc) is 2.84. The number of esters is 2. The molecule has 236 valence electrons. The number of carbonyl (C=O) groups excluding carboxylic acids is 2. The van der Waals surface area contributed by atoms with Crippen LogP contribution in [0.15, 0.2) is 34.9 Å². The lowest BCUT2D eigenvalue weighted by atomic mass is 9.87. The van der Waals surface area contributed by atoms with Gasteiger partial charge in [-0.15, -0.1) is 0 Å². The van der Waals surface area contributed by atoms with Crippen molar-refractivity contribution in [3.63, 3.8) is 0 Å². The zero-order valence-electron chi connectivity index (χ0n) is 28.3. The van der Waals surface area contributed by atoms with Crippen molar-refractivity contribution in [1.82, 2.24) is 0 Å². The summed E-state index contributed by atoms with van der Waals surface area (Å²) in [5.41, 5.74) is 6.31. The molecule has 0 aliphatic carbocycles. The third-order valence-corrected chi connectivity index (χ3v) is 8.83. The number of hydrogen-bond acceptors (Lipinski definition) is 6. The number of phenols is 1. The fourth-order valence-electron chi connectivity index (χ4n) is 5.27. The summed E-state index contributed by atoms with van der Waals surface area (Å²) in [5, 5.41) is 11.4. The number of hydrogen-bond donors (Lipinski definition) is 1. The summed E-state index contributed by atoms with van der Waals surface area (Å²) < 4.78 is 11.6. The van der Waals surface area contributed by atoms with Gasteiger partial charge in [-0.1, -0.05) is 48.8 Å². The van der Waals surface area contributed by atoms with E-state index in [1.54, 1.807) is 11.8 Å². The summed E-state index contributed by atoms with van der Waals surface area (Å²) >= 11 is 1.72. The normalized spacial score (nSPS) is 14.4. The highest BCUT2D eigenvalue weighted by Gasteiger charge is 2.35. The van der Waals surface area contributed by atoms with E-state index in [-0.39, 0.29) is 22.2 Å². The predicted octanol–water partition coefficient (Wildman–Crippen LogP) is 10.3. The number of phenolic OH excluding ortho intramolecular Hbond substituents is 1. The highest BCUT2D eigenvalue weighted by Crippen LogP contribution is 2.49. The molecule has 0 bridgehead atoms. The first kappa shape index (κ1) is 37.6. The zero-order chi connectivity index (χ0) is 32.2. The molecule has 0 aliphatic rings. The monoisotopic (exact) mass is 600 g/mol. The van der Waals surface area contributed by atoms with Crippen LogP contribution in [-0.4, -0.2) is 27.9 Å². The Kier molecular flexibility index (Phi) is 15.7. The van der Waals surface area contributed by atoms with Crippen LogP contribution in [0.5, 0.6) is 11.5 Å². The van der Waals surface area contributed by atoms with Crippen molar-refractivity contribution in [1.29, 1.82) is 0 Å². The van der Waals surface area contributed by atoms with Crippen molar-refractivity contribution in [3.8, 4) is 11.5 Å². The van der Waals surface area contributed by atoms with Crippen LogP contribution >= 0.6 is 11.8 Å². The van der Waals surface area contributed by atoms with E-state index in [2.05, 4.69) is 59.8 Å². The zero-order valence-corrected chi connectivity index (χ0v) is 29.1. The Balaban J connectivity index is 3.20. The Hall–Kier alpha value is -2.47. The number of rotatable bonds is 16. The van der Waals surface area contributed by atoms with Crippen molar-refractivity contribution in [2.24, 2.45) is 0 Å². The largest absolute Gasteiger partial charge is 0.507 e. The van der Waals surface area contributed by atoms with Crippen LogP contribution in [0.25, 0.3) is 0 Å². The standard InChI is InChI=1S/C36H56O5S/c1-23(2)16-13-17-25(5)18-14-19-26(6)20-15-21-36(12,41-31(11)38)22-32(42-24(3)4)33-29(9)35(40-30(10)37)28(8)27(7)34(33)39/h16,18,20,24,32,39H,13-15,17,19,21-22H2,1-12H3/b25-18+,26-20+/t32?,36-/m0/s1. The lowest BCUT2D eigenvalue weighted by molar-refractivity contribution is -0.156.